The van der Waals surface area contributed by atoms with Crippen molar-refractivity contribution in [2.75, 3.05) is 13.1 Å². The minimum Gasteiger partial charge on any atom is -0.326 e. The van der Waals surface area contributed by atoms with Crippen LogP contribution in [0.5, 0.6) is 0 Å². The molecule has 0 amide bonds. The summed E-state index contributed by atoms with van der Waals surface area (Å²) in [5.41, 5.74) is 5.90. The fraction of sp³-hybridized carbons (Fsp3) is 1.00. The highest BCUT2D eigenvalue weighted by molar-refractivity contribution is 4.79. The number of hydrogen-bond acceptors (Lipinski definition) is 2. The molecule has 1 aliphatic rings. The van der Waals surface area contributed by atoms with Crippen LogP contribution in [0.2, 0.25) is 0 Å². The third kappa shape index (κ3) is 1.96. The maximum Gasteiger partial charge on any atom is 0.0194 e. The van der Waals surface area contributed by atoms with Crippen LogP contribution in [-0.4, -0.2) is 19.1 Å². The highest BCUT2D eigenvalue weighted by Crippen LogP contribution is 2.16. The molecule has 10 heavy (non-hydrogen) atoms. The van der Waals surface area contributed by atoms with Gasteiger partial charge in [0, 0.05) is 12.6 Å². The van der Waals surface area contributed by atoms with Crippen LogP contribution in [0.1, 0.15) is 26.2 Å². The summed E-state index contributed by atoms with van der Waals surface area (Å²) in [5.74, 6) is 0.784. The summed E-state index contributed by atoms with van der Waals surface area (Å²) in [6.07, 6.45) is 3.86. The number of hydrogen-bond donors (Lipinski definition) is 2. The van der Waals surface area contributed by atoms with E-state index in [4.69, 9.17) is 5.73 Å². The van der Waals surface area contributed by atoms with Gasteiger partial charge < -0.3 is 11.1 Å². The molecular formula is C8H18N2. The van der Waals surface area contributed by atoms with Gasteiger partial charge >= 0.3 is 0 Å². The Morgan fingerprint density at radius 1 is 1.60 bits per heavy atom. The van der Waals surface area contributed by atoms with E-state index in [1.165, 1.54) is 25.8 Å². The van der Waals surface area contributed by atoms with E-state index in [9.17, 15) is 0 Å². The molecule has 0 aromatic rings. The molecule has 1 saturated heterocycles. The van der Waals surface area contributed by atoms with Crippen molar-refractivity contribution in [2.45, 2.75) is 32.2 Å². The monoisotopic (exact) mass is 142 g/mol. The predicted octanol–water partition coefficient (Wildman–Crippen LogP) is 0.723. The van der Waals surface area contributed by atoms with Crippen LogP contribution in [-0.2, 0) is 0 Å². The molecule has 2 nitrogen and oxygen atoms in total. The van der Waals surface area contributed by atoms with Crippen LogP contribution in [0.3, 0.4) is 0 Å². The molecule has 0 bridgehead atoms. The van der Waals surface area contributed by atoms with Gasteiger partial charge in [-0.15, -0.1) is 0 Å². The Balaban J connectivity index is 2.25. The fourth-order valence-corrected chi connectivity index (χ4v) is 1.67. The minimum atomic E-state index is 0.411. The third-order valence-electron chi connectivity index (χ3n) is 2.34. The van der Waals surface area contributed by atoms with E-state index in [2.05, 4.69) is 12.2 Å². The fourth-order valence-electron chi connectivity index (χ4n) is 1.67. The first-order valence-corrected chi connectivity index (χ1v) is 4.31. The Hall–Kier alpha value is -0.0800. The number of rotatable bonds is 2. The van der Waals surface area contributed by atoms with E-state index in [1.54, 1.807) is 0 Å². The number of nitrogens with one attached hydrogen (secondary N) is 1. The maximum atomic E-state index is 5.90. The smallest absolute Gasteiger partial charge is 0.0194 e. The zero-order valence-electron chi connectivity index (χ0n) is 6.77. The summed E-state index contributed by atoms with van der Waals surface area (Å²) in [6.45, 7) is 4.41. The first kappa shape index (κ1) is 8.02. The summed E-state index contributed by atoms with van der Waals surface area (Å²) in [6, 6.07) is 0.411. The zero-order valence-corrected chi connectivity index (χ0v) is 6.77. The lowest BCUT2D eigenvalue weighted by Crippen LogP contribution is -2.45. The first-order valence-electron chi connectivity index (χ1n) is 4.31. The van der Waals surface area contributed by atoms with E-state index >= 15 is 0 Å². The molecule has 0 unspecified atom stereocenters. The van der Waals surface area contributed by atoms with Gasteiger partial charge in [-0.3, -0.25) is 0 Å². The van der Waals surface area contributed by atoms with Gasteiger partial charge in [0.25, 0.3) is 0 Å². The average molecular weight is 142 g/mol. The average Bonchev–Trinajstić information content (AvgIpc) is 1.94. The van der Waals surface area contributed by atoms with Crippen LogP contribution < -0.4 is 11.1 Å². The van der Waals surface area contributed by atoms with E-state index < -0.39 is 0 Å². The van der Waals surface area contributed by atoms with Gasteiger partial charge in [-0.05, 0) is 25.3 Å². The van der Waals surface area contributed by atoms with E-state index in [0.717, 1.165) is 12.5 Å². The SMILES string of the molecule is CCC[C@H]1CCNC[C@H]1N. The second kappa shape index (κ2) is 3.94. The molecule has 1 aliphatic heterocycles. The zero-order chi connectivity index (χ0) is 7.40. The lowest BCUT2D eigenvalue weighted by Gasteiger charge is -2.28. The largest absolute Gasteiger partial charge is 0.326 e. The van der Waals surface area contributed by atoms with Gasteiger partial charge in [0.1, 0.15) is 0 Å². The second-order valence-corrected chi connectivity index (χ2v) is 3.21. The standard InChI is InChI=1S/C8H18N2/c1-2-3-7-4-5-10-6-8(7)9/h7-8,10H,2-6,9H2,1H3/t7-,8+/m0/s1. The second-order valence-electron chi connectivity index (χ2n) is 3.21. The molecule has 0 aromatic carbocycles. The lowest BCUT2D eigenvalue weighted by atomic mass is 9.89. The van der Waals surface area contributed by atoms with Crippen LogP contribution in [0, 0.1) is 5.92 Å². The Bertz CT molecular complexity index is 91.3. The summed E-state index contributed by atoms with van der Waals surface area (Å²) in [4.78, 5) is 0. The Labute approximate surface area is 63.2 Å². The number of piperidine rings is 1. The molecule has 0 radical (unpaired) electrons. The van der Waals surface area contributed by atoms with Crippen LogP contribution in [0.15, 0.2) is 0 Å². The van der Waals surface area contributed by atoms with Crippen molar-refractivity contribution in [2.24, 2.45) is 11.7 Å². The van der Waals surface area contributed by atoms with Crippen molar-refractivity contribution in [1.82, 2.24) is 5.32 Å². The van der Waals surface area contributed by atoms with Gasteiger partial charge in [-0.25, -0.2) is 0 Å². The number of nitrogens with two attached hydrogens (primary N) is 1. The van der Waals surface area contributed by atoms with Crippen molar-refractivity contribution in [3.63, 3.8) is 0 Å². The molecule has 1 fully saturated rings. The molecule has 2 atom stereocenters. The molecular weight excluding hydrogens is 124 g/mol. The molecule has 0 aromatic heterocycles. The van der Waals surface area contributed by atoms with Gasteiger partial charge in [0.2, 0.25) is 0 Å². The highest BCUT2D eigenvalue weighted by atomic mass is 14.9. The van der Waals surface area contributed by atoms with Crippen molar-refractivity contribution < 1.29 is 0 Å². The summed E-state index contributed by atoms with van der Waals surface area (Å²) >= 11 is 0. The molecule has 0 spiro atoms. The Morgan fingerprint density at radius 2 is 2.40 bits per heavy atom. The molecule has 0 saturated carbocycles. The molecule has 0 aliphatic carbocycles. The Morgan fingerprint density at radius 3 is 3.00 bits per heavy atom. The molecule has 1 rings (SSSR count). The lowest BCUT2D eigenvalue weighted by molar-refractivity contribution is 0.305. The third-order valence-corrected chi connectivity index (χ3v) is 2.34. The van der Waals surface area contributed by atoms with Crippen molar-refractivity contribution >= 4 is 0 Å². The molecule has 2 heteroatoms. The molecule has 3 N–H and O–H groups in total. The summed E-state index contributed by atoms with van der Waals surface area (Å²) in [5, 5.41) is 3.30. The van der Waals surface area contributed by atoms with Crippen molar-refractivity contribution in [3.05, 3.63) is 0 Å². The topological polar surface area (TPSA) is 38.0 Å². The first-order chi connectivity index (χ1) is 4.84. The van der Waals surface area contributed by atoms with Crippen molar-refractivity contribution in [3.8, 4) is 0 Å². The Kier molecular flexibility index (Phi) is 3.16. The van der Waals surface area contributed by atoms with Gasteiger partial charge in [0.05, 0.1) is 0 Å². The van der Waals surface area contributed by atoms with E-state index in [0.29, 0.717) is 6.04 Å². The predicted molar refractivity (Wildman–Crippen MR) is 43.9 cm³/mol. The van der Waals surface area contributed by atoms with Gasteiger partial charge in [-0.2, -0.15) is 0 Å². The van der Waals surface area contributed by atoms with Crippen LogP contribution >= 0.6 is 0 Å². The normalized spacial score (nSPS) is 34.2. The maximum absolute atomic E-state index is 5.90. The quantitative estimate of drug-likeness (QED) is 0.596. The highest BCUT2D eigenvalue weighted by Gasteiger charge is 2.19. The van der Waals surface area contributed by atoms with Gasteiger partial charge in [-0.1, -0.05) is 13.3 Å². The van der Waals surface area contributed by atoms with Crippen molar-refractivity contribution in [1.29, 1.82) is 0 Å². The summed E-state index contributed by atoms with van der Waals surface area (Å²) in [7, 11) is 0. The minimum absolute atomic E-state index is 0.411. The molecule has 60 valence electrons. The van der Waals surface area contributed by atoms with Crippen LogP contribution in [0.4, 0.5) is 0 Å². The summed E-state index contributed by atoms with van der Waals surface area (Å²) < 4.78 is 0. The van der Waals surface area contributed by atoms with E-state index in [1.807, 2.05) is 0 Å². The molecule has 1 heterocycles. The van der Waals surface area contributed by atoms with E-state index in [-0.39, 0.29) is 0 Å². The van der Waals surface area contributed by atoms with Gasteiger partial charge in [0.15, 0.2) is 0 Å². The van der Waals surface area contributed by atoms with Crippen LogP contribution in [0.25, 0.3) is 0 Å².